The summed E-state index contributed by atoms with van der Waals surface area (Å²) in [6.45, 7) is 0. The first-order valence-electron chi connectivity index (χ1n) is 8.17. The lowest BCUT2D eigenvalue weighted by molar-refractivity contribution is -0.147. The van der Waals surface area contributed by atoms with Gasteiger partial charge in [-0.1, -0.05) is 34.5 Å². The molecule has 0 bridgehead atoms. The molecule has 2 N–H and O–H groups in total. The fraction of sp³-hybridized carbons (Fsp3) is 0.389. The molecule has 0 saturated heterocycles. The van der Waals surface area contributed by atoms with E-state index in [0.717, 1.165) is 29.3 Å². The van der Waals surface area contributed by atoms with Crippen molar-refractivity contribution >= 4 is 27.7 Å². The number of aromatic nitrogens is 2. The van der Waals surface area contributed by atoms with Gasteiger partial charge in [0.05, 0.1) is 19.1 Å². The van der Waals surface area contributed by atoms with Crippen molar-refractivity contribution in [3.05, 3.63) is 34.3 Å². The predicted molar refractivity (Wildman–Crippen MR) is 97.5 cm³/mol. The van der Waals surface area contributed by atoms with Crippen molar-refractivity contribution in [3.63, 3.8) is 0 Å². The second-order valence-electron chi connectivity index (χ2n) is 6.21. The van der Waals surface area contributed by atoms with Crippen LogP contribution in [0.3, 0.4) is 0 Å². The summed E-state index contributed by atoms with van der Waals surface area (Å²) in [5, 5.41) is 14.2. The largest absolute Gasteiger partial charge is 0.469 e. The van der Waals surface area contributed by atoms with Gasteiger partial charge in [-0.2, -0.15) is 10.4 Å². The molecule has 1 aliphatic carbocycles. The molecule has 0 radical (unpaired) electrons. The minimum atomic E-state index is -0.191. The Kier molecular flexibility index (Phi) is 5.09. The Morgan fingerprint density at radius 1 is 1.40 bits per heavy atom. The average Bonchev–Trinajstić information content (AvgIpc) is 2.98. The zero-order valence-electron chi connectivity index (χ0n) is 13.9. The number of nitrogen functional groups attached to an aromatic ring is 1. The number of hydrogen-bond acceptors (Lipinski definition) is 5. The van der Waals surface area contributed by atoms with E-state index in [9.17, 15) is 10.1 Å². The molecule has 0 spiro atoms. The predicted octanol–water partition coefficient (Wildman–Crippen LogP) is 3.67. The van der Waals surface area contributed by atoms with Crippen LogP contribution in [0.4, 0.5) is 5.82 Å². The number of carbonyl (C=O) groups is 1. The highest BCUT2D eigenvalue weighted by atomic mass is 79.9. The number of esters is 1. The minimum Gasteiger partial charge on any atom is -0.469 e. The molecule has 1 aromatic heterocycles. The number of rotatable bonds is 3. The third-order valence-corrected chi connectivity index (χ3v) is 5.23. The summed E-state index contributed by atoms with van der Waals surface area (Å²) < 4.78 is 7.55. The zero-order valence-corrected chi connectivity index (χ0v) is 15.5. The molecule has 1 saturated carbocycles. The Morgan fingerprint density at radius 3 is 2.76 bits per heavy atom. The summed E-state index contributed by atoms with van der Waals surface area (Å²) in [4.78, 5) is 11.9. The first-order valence-corrected chi connectivity index (χ1v) is 8.96. The second-order valence-corrected chi connectivity index (χ2v) is 7.13. The van der Waals surface area contributed by atoms with Crippen LogP contribution in [-0.2, 0) is 9.53 Å². The molecule has 1 fully saturated rings. The summed E-state index contributed by atoms with van der Waals surface area (Å²) in [6.07, 6.45) is 3.22. The van der Waals surface area contributed by atoms with Gasteiger partial charge < -0.3 is 10.5 Å². The molecule has 3 rings (SSSR count). The molecule has 2 unspecified atom stereocenters. The van der Waals surface area contributed by atoms with Gasteiger partial charge in [0, 0.05) is 10.0 Å². The van der Waals surface area contributed by atoms with Crippen LogP contribution in [0.25, 0.3) is 11.3 Å². The van der Waals surface area contributed by atoms with Crippen molar-refractivity contribution in [1.29, 1.82) is 5.26 Å². The van der Waals surface area contributed by atoms with Gasteiger partial charge >= 0.3 is 5.97 Å². The van der Waals surface area contributed by atoms with E-state index in [1.807, 2.05) is 24.3 Å². The smallest absolute Gasteiger partial charge is 0.308 e. The van der Waals surface area contributed by atoms with Gasteiger partial charge in [0.1, 0.15) is 23.1 Å². The molecule has 0 amide bonds. The number of hydrogen-bond donors (Lipinski definition) is 1. The Bertz CT molecular complexity index is 823. The molecule has 6 nitrogen and oxygen atoms in total. The Morgan fingerprint density at radius 2 is 2.12 bits per heavy atom. The summed E-state index contributed by atoms with van der Waals surface area (Å²) in [6, 6.07) is 9.77. The van der Waals surface area contributed by atoms with Crippen LogP contribution in [0.2, 0.25) is 0 Å². The van der Waals surface area contributed by atoms with Crippen molar-refractivity contribution in [2.45, 2.75) is 31.7 Å². The topological polar surface area (TPSA) is 93.9 Å². The summed E-state index contributed by atoms with van der Waals surface area (Å²) in [5.41, 5.74) is 8.01. The lowest BCUT2D eigenvalue weighted by Crippen LogP contribution is -2.27. The van der Waals surface area contributed by atoms with Gasteiger partial charge in [0.25, 0.3) is 0 Å². The number of anilines is 1. The van der Waals surface area contributed by atoms with Crippen molar-refractivity contribution in [1.82, 2.24) is 9.78 Å². The van der Waals surface area contributed by atoms with Crippen molar-refractivity contribution in [3.8, 4) is 17.3 Å². The van der Waals surface area contributed by atoms with Gasteiger partial charge in [0.2, 0.25) is 0 Å². The fourth-order valence-electron chi connectivity index (χ4n) is 3.41. The zero-order chi connectivity index (χ0) is 18.0. The SMILES string of the molecule is COC(=O)C1CCCC(n2nc(-c3ccc(Br)cc3)c(C#N)c2N)C1. The molecule has 1 aromatic carbocycles. The van der Waals surface area contributed by atoms with Crippen LogP contribution in [0, 0.1) is 17.2 Å². The van der Waals surface area contributed by atoms with Gasteiger partial charge in [-0.3, -0.25) is 4.79 Å². The van der Waals surface area contributed by atoms with E-state index in [2.05, 4.69) is 27.1 Å². The van der Waals surface area contributed by atoms with E-state index in [0.29, 0.717) is 23.5 Å². The van der Waals surface area contributed by atoms with Crippen LogP contribution < -0.4 is 5.73 Å². The molecule has 2 atom stereocenters. The Balaban J connectivity index is 1.96. The lowest BCUT2D eigenvalue weighted by Gasteiger charge is -2.28. The molecule has 130 valence electrons. The molecule has 25 heavy (non-hydrogen) atoms. The van der Waals surface area contributed by atoms with Gasteiger partial charge in [-0.25, -0.2) is 4.68 Å². The molecule has 1 aliphatic rings. The maximum atomic E-state index is 11.9. The summed E-state index contributed by atoms with van der Waals surface area (Å²) >= 11 is 3.40. The maximum absolute atomic E-state index is 11.9. The molecular weight excluding hydrogens is 384 g/mol. The number of nitriles is 1. The summed E-state index contributed by atoms with van der Waals surface area (Å²) in [5.74, 6) is 0.0222. The number of nitrogens with two attached hydrogens (primary N) is 1. The van der Waals surface area contributed by atoms with E-state index in [4.69, 9.17) is 10.5 Å². The number of carbonyl (C=O) groups excluding carboxylic acids is 1. The monoisotopic (exact) mass is 402 g/mol. The molecular formula is C18H19BrN4O2. The third kappa shape index (κ3) is 3.40. The average molecular weight is 403 g/mol. The summed E-state index contributed by atoms with van der Waals surface area (Å²) in [7, 11) is 1.41. The molecule has 7 heteroatoms. The van der Waals surface area contributed by atoms with Crippen LogP contribution in [0.15, 0.2) is 28.7 Å². The highest BCUT2D eigenvalue weighted by molar-refractivity contribution is 9.10. The van der Waals surface area contributed by atoms with Gasteiger partial charge in [-0.15, -0.1) is 0 Å². The number of ether oxygens (including phenoxy) is 1. The third-order valence-electron chi connectivity index (χ3n) is 4.70. The van der Waals surface area contributed by atoms with Crippen molar-refractivity contribution in [2.75, 3.05) is 12.8 Å². The van der Waals surface area contributed by atoms with Crippen molar-refractivity contribution in [2.24, 2.45) is 5.92 Å². The van der Waals surface area contributed by atoms with E-state index in [1.54, 1.807) is 4.68 Å². The standard InChI is InChI=1S/C18H19BrN4O2/c1-25-18(24)12-3-2-4-14(9-12)23-17(21)15(10-20)16(22-23)11-5-7-13(19)8-6-11/h5-8,12,14H,2-4,9,21H2,1H3. The van der Waals surface area contributed by atoms with Crippen LogP contribution in [0.5, 0.6) is 0 Å². The lowest BCUT2D eigenvalue weighted by atomic mass is 9.86. The normalized spacial score (nSPS) is 20.0. The van der Waals surface area contributed by atoms with E-state index in [-0.39, 0.29) is 17.9 Å². The van der Waals surface area contributed by atoms with E-state index >= 15 is 0 Å². The van der Waals surface area contributed by atoms with Gasteiger partial charge in [-0.05, 0) is 31.4 Å². The Hall–Kier alpha value is -2.33. The van der Waals surface area contributed by atoms with Gasteiger partial charge in [0.15, 0.2) is 0 Å². The number of benzene rings is 1. The minimum absolute atomic E-state index is 0.00542. The second kappa shape index (κ2) is 7.28. The first-order chi connectivity index (χ1) is 12.0. The number of nitrogens with zero attached hydrogens (tertiary/aromatic N) is 3. The highest BCUT2D eigenvalue weighted by Crippen LogP contribution is 2.37. The molecule has 1 heterocycles. The van der Waals surface area contributed by atoms with Crippen LogP contribution >= 0.6 is 15.9 Å². The van der Waals surface area contributed by atoms with E-state index < -0.39 is 0 Å². The highest BCUT2D eigenvalue weighted by Gasteiger charge is 2.31. The quantitative estimate of drug-likeness (QED) is 0.790. The molecule has 0 aliphatic heterocycles. The fourth-order valence-corrected chi connectivity index (χ4v) is 3.68. The molecule has 2 aromatic rings. The van der Waals surface area contributed by atoms with Crippen molar-refractivity contribution < 1.29 is 9.53 Å². The van der Waals surface area contributed by atoms with Crippen LogP contribution in [0.1, 0.15) is 37.3 Å². The number of halogens is 1. The Labute approximate surface area is 154 Å². The maximum Gasteiger partial charge on any atom is 0.308 e. The number of methoxy groups -OCH3 is 1. The first kappa shape index (κ1) is 17.5. The van der Waals surface area contributed by atoms with E-state index in [1.165, 1.54) is 7.11 Å². The van der Waals surface area contributed by atoms with Crippen LogP contribution in [-0.4, -0.2) is 22.9 Å².